The van der Waals surface area contributed by atoms with E-state index in [9.17, 15) is 4.79 Å². The lowest BCUT2D eigenvalue weighted by atomic mass is 9.87. The second-order valence-electron chi connectivity index (χ2n) is 4.83. The fraction of sp³-hybridized carbons (Fsp3) is 0.235. The molecule has 0 spiro atoms. The Kier molecular flexibility index (Phi) is 3.49. The Bertz CT molecular complexity index is 649. The maximum atomic E-state index is 13.0. The van der Waals surface area contributed by atoms with Gasteiger partial charge in [0.2, 0.25) is 17.7 Å². The van der Waals surface area contributed by atoms with E-state index < -0.39 is 11.9 Å². The fourth-order valence-electron chi connectivity index (χ4n) is 2.76. The zero-order chi connectivity index (χ0) is 14.9. The molecule has 0 fully saturated rings. The predicted molar refractivity (Wildman–Crippen MR) is 77.3 cm³/mol. The standard InChI is InChI=1S/C17H16O4/c1-19-16(20-2)17(12-8-4-3-5-9-12)15(18)13-10-6-7-11-14(13)21-17/h3-11,16H,1-2H3. The first-order chi connectivity index (χ1) is 10.2. The molecule has 1 atom stereocenters. The van der Waals surface area contributed by atoms with Crippen LogP contribution in [0.5, 0.6) is 5.75 Å². The minimum Gasteiger partial charge on any atom is -0.468 e. The third-order valence-electron chi connectivity index (χ3n) is 3.70. The van der Waals surface area contributed by atoms with Crippen molar-refractivity contribution in [3.63, 3.8) is 0 Å². The number of Topliss-reactive ketones (excluding diaryl/α,β-unsaturated/α-hetero) is 1. The van der Waals surface area contributed by atoms with E-state index in [0.29, 0.717) is 16.9 Å². The molecule has 1 unspecified atom stereocenters. The van der Waals surface area contributed by atoms with Gasteiger partial charge in [-0.05, 0) is 12.1 Å². The van der Waals surface area contributed by atoms with Gasteiger partial charge in [0.25, 0.3) is 0 Å². The molecule has 0 amide bonds. The van der Waals surface area contributed by atoms with Crippen LogP contribution < -0.4 is 4.74 Å². The maximum absolute atomic E-state index is 13.0. The van der Waals surface area contributed by atoms with Crippen LogP contribution in [0.3, 0.4) is 0 Å². The molecule has 0 saturated carbocycles. The van der Waals surface area contributed by atoms with Crippen LogP contribution in [0, 0.1) is 0 Å². The molecule has 2 aromatic carbocycles. The van der Waals surface area contributed by atoms with Gasteiger partial charge in [-0.3, -0.25) is 4.79 Å². The second kappa shape index (κ2) is 5.31. The summed E-state index contributed by atoms with van der Waals surface area (Å²) in [7, 11) is 3.00. The van der Waals surface area contributed by atoms with Gasteiger partial charge in [0.1, 0.15) is 5.75 Å². The average Bonchev–Trinajstić information content (AvgIpc) is 2.84. The summed E-state index contributed by atoms with van der Waals surface area (Å²) in [5.41, 5.74) is -0.0607. The maximum Gasteiger partial charge on any atom is 0.246 e. The van der Waals surface area contributed by atoms with Gasteiger partial charge in [-0.2, -0.15) is 0 Å². The third-order valence-corrected chi connectivity index (χ3v) is 3.70. The number of ketones is 1. The van der Waals surface area contributed by atoms with Crippen molar-refractivity contribution in [2.45, 2.75) is 11.9 Å². The molecule has 4 nitrogen and oxygen atoms in total. The SMILES string of the molecule is COC(OC)C1(c2ccccc2)Oc2ccccc2C1=O. The predicted octanol–water partition coefficient (Wildman–Crippen LogP) is 2.78. The Labute approximate surface area is 123 Å². The van der Waals surface area contributed by atoms with Crippen molar-refractivity contribution in [3.05, 3.63) is 65.7 Å². The van der Waals surface area contributed by atoms with Crippen LogP contribution >= 0.6 is 0 Å². The smallest absolute Gasteiger partial charge is 0.246 e. The Morgan fingerprint density at radius 2 is 1.57 bits per heavy atom. The van der Waals surface area contributed by atoms with E-state index in [4.69, 9.17) is 14.2 Å². The summed E-state index contributed by atoms with van der Waals surface area (Å²) in [4.78, 5) is 13.0. The molecule has 0 bridgehead atoms. The van der Waals surface area contributed by atoms with Crippen LogP contribution in [0.2, 0.25) is 0 Å². The van der Waals surface area contributed by atoms with Crippen LogP contribution in [-0.4, -0.2) is 26.3 Å². The molecule has 0 aliphatic carbocycles. The van der Waals surface area contributed by atoms with E-state index in [2.05, 4.69) is 0 Å². The molecular formula is C17H16O4. The molecule has 108 valence electrons. The molecule has 0 saturated heterocycles. The second-order valence-corrected chi connectivity index (χ2v) is 4.83. The number of ether oxygens (including phenoxy) is 3. The van der Waals surface area contributed by atoms with E-state index in [-0.39, 0.29) is 5.78 Å². The number of fused-ring (bicyclic) bond motifs is 1. The van der Waals surface area contributed by atoms with E-state index in [1.165, 1.54) is 14.2 Å². The van der Waals surface area contributed by atoms with Gasteiger partial charge in [-0.25, -0.2) is 0 Å². The summed E-state index contributed by atoms with van der Waals surface area (Å²) < 4.78 is 16.8. The number of carbonyl (C=O) groups excluding carboxylic acids is 1. The third kappa shape index (κ3) is 1.95. The highest BCUT2D eigenvalue weighted by atomic mass is 16.7. The normalized spacial score (nSPS) is 20.4. The van der Waals surface area contributed by atoms with Gasteiger partial charge in [-0.1, -0.05) is 42.5 Å². The Balaban J connectivity index is 2.19. The van der Waals surface area contributed by atoms with Crippen molar-refractivity contribution in [3.8, 4) is 5.75 Å². The summed E-state index contributed by atoms with van der Waals surface area (Å²) in [6, 6.07) is 16.5. The highest BCUT2D eigenvalue weighted by Gasteiger charge is 2.56. The molecule has 2 aromatic rings. The highest BCUT2D eigenvalue weighted by molar-refractivity contribution is 6.08. The minimum absolute atomic E-state index is 0.155. The number of hydrogen-bond acceptors (Lipinski definition) is 4. The Hall–Kier alpha value is -2.17. The number of benzene rings is 2. The zero-order valence-electron chi connectivity index (χ0n) is 11.9. The minimum atomic E-state index is -1.31. The van der Waals surface area contributed by atoms with Crippen LogP contribution in [0.15, 0.2) is 54.6 Å². The summed E-state index contributed by atoms with van der Waals surface area (Å²) in [6.07, 6.45) is -0.834. The molecule has 3 rings (SSSR count). The molecule has 4 heteroatoms. The summed E-state index contributed by atoms with van der Waals surface area (Å²) in [6.45, 7) is 0. The molecule has 0 radical (unpaired) electrons. The van der Waals surface area contributed by atoms with Crippen molar-refractivity contribution < 1.29 is 19.0 Å². The van der Waals surface area contributed by atoms with Crippen LogP contribution in [0.1, 0.15) is 15.9 Å². The molecule has 0 aromatic heterocycles. The van der Waals surface area contributed by atoms with Crippen molar-refractivity contribution in [2.24, 2.45) is 0 Å². The largest absolute Gasteiger partial charge is 0.468 e. The van der Waals surface area contributed by atoms with Gasteiger partial charge in [0, 0.05) is 19.8 Å². The summed E-state index contributed by atoms with van der Waals surface area (Å²) >= 11 is 0. The Morgan fingerprint density at radius 3 is 2.19 bits per heavy atom. The first kappa shape index (κ1) is 13.8. The molecule has 1 aliphatic rings. The topological polar surface area (TPSA) is 44.8 Å². The quantitative estimate of drug-likeness (QED) is 0.810. The van der Waals surface area contributed by atoms with Gasteiger partial charge in [0.15, 0.2) is 0 Å². The monoisotopic (exact) mass is 284 g/mol. The average molecular weight is 284 g/mol. The van der Waals surface area contributed by atoms with Gasteiger partial charge in [0.05, 0.1) is 5.56 Å². The van der Waals surface area contributed by atoms with Gasteiger partial charge in [-0.15, -0.1) is 0 Å². The molecular weight excluding hydrogens is 268 g/mol. The lowest BCUT2D eigenvalue weighted by molar-refractivity contribution is -0.185. The van der Waals surface area contributed by atoms with Gasteiger partial charge >= 0.3 is 0 Å². The van der Waals surface area contributed by atoms with Crippen LogP contribution in [0.4, 0.5) is 0 Å². The first-order valence-electron chi connectivity index (χ1n) is 6.68. The van der Waals surface area contributed by atoms with Crippen molar-refractivity contribution >= 4 is 5.78 Å². The molecule has 21 heavy (non-hydrogen) atoms. The van der Waals surface area contributed by atoms with Crippen molar-refractivity contribution in [1.82, 2.24) is 0 Å². The van der Waals surface area contributed by atoms with Crippen LogP contribution in [0.25, 0.3) is 0 Å². The van der Waals surface area contributed by atoms with Crippen LogP contribution in [-0.2, 0) is 15.1 Å². The number of hydrogen-bond donors (Lipinski definition) is 0. The van der Waals surface area contributed by atoms with Gasteiger partial charge < -0.3 is 14.2 Å². The molecule has 1 heterocycles. The summed E-state index contributed by atoms with van der Waals surface area (Å²) in [5, 5.41) is 0. The fourth-order valence-corrected chi connectivity index (χ4v) is 2.76. The summed E-state index contributed by atoms with van der Waals surface area (Å²) in [5.74, 6) is 0.392. The van der Waals surface area contributed by atoms with E-state index >= 15 is 0 Å². The molecule has 1 aliphatic heterocycles. The number of methoxy groups -OCH3 is 2. The number of rotatable bonds is 4. The number of carbonyl (C=O) groups is 1. The van der Waals surface area contributed by atoms with E-state index in [0.717, 1.165) is 0 Å². The zero-order valence-corrected chi connectivity index (χ0v) is 11.9. The first-order valence-corrected chi connectivity index (χ1v) is 6.68. The van der Waals surface area contributed by atoms with E-state index in [1.54, 1.807) is 12.1 Å². The Morgan fingerprint density at radius 1 is 0.952 bits per heavy atom. The van der Waals surface area contributed by atoms with Crippen molar-refractivity contribution in [1.29, 1.82) is 0 Å². The number of para-hydroxylation sites is 1. The lowest BCUT2D eigenvalue weighted by Gasteiger charge is -2.33. The molecule has 0 N–H and O–H groups in total. The lowest BCUT2D eigenvalue weighted by Crippen LogP contribution is -2.50. The highest BCUT2D eigenvalue weighted by Crippen LogP contribution is 2.44. The van der Waals surface area contributed by atoms with Crippen molar-refractivity contribution in [2.75, 3.05) is 14.2 Å². The van der Waals surface area contributed by atoms with E-state index in [1.807, 2.05) is 42.5 Å².